The Morgan fingerprint density at radius 2 is 1.71 bits per heavy atom. The van der Waals surface area contributed by atoms with Crippen molar-refractivity contribution in [2.24, 2.45) is 0 Å². The number of pyridine rings is 1. The molecular weight excluding hydrogens is 294 g/mol. The van der Waals surface area contributed by atoms with Crippen LogP contribution in [0.25, 0.3) is 23.1 Å². The van der Waals surface area contributed by atoms with E-state index in [1.54, 1.807) is 0 Å². The van der Waals surface area contributed by atoms with Gasteiger partial charge in [-0.15, -0.1) is 0 Å². The molecule has 24 heavy (non-hydrogen) atoms. The van der Waals surface area contributed by atoms with Crippen LogP contribution >= 0.6 is 0 Å². The van der Waals surface area contributed by atoms with Gasteiger partial charge in [0.1, 0.15) is 0 Å². The Kier molecular flexibility index (Phi) is 5.24. The molecule has 3 rings (SSSR count). The van der Waals surface area contributed by atoms with E-state index in [2.05, 4.69) is 72.9 Å². The minimum atomic E-state index is 0.906. The van der Waals surface area contributed by atoms with E-state index in [1.807, 2.05) is 24.3 Å². The zero-order valence-electron chi connectivity index (χ0n) is 14.2. The van der Waals surface area contributed by atoms with E-state index < -0.39 is 0 Å². The summed E-state index contributed by atoms with van der Waals surface area (Å²) in [6.07, 6.45) is 4.17. The third kappa shape index (κ3) is 4.21. The molecule has 0 bridgehead atoms. The average molecular weight is 317 g/mol. The molecule has 0 spiro atoms. The number of benzene rings is 2. The third-order valence-corrected chi connectivity index (χ3v) is 3.86. The number of rotatable bonds is 6. The summed E-state index contributed by atoms with van der Waals surface area (Å²) < 4.78 is 0. The van der Waals surface area contributed by atoms with Gasteiger partial charge in [0.2, 0.25) is 0 Å². The van der Waals surface area contributed by atoms with Crippen LogP contribution in [0.3, 0.4) is 0 Å². The van der Waals surface area contributed by atoms with E-state index in [-0.39, 0.29) is 0 Å². The van der Waals surface area contributed by atoms with Crippen molar-refractivity contribution in [3.63, 3.8) is 0 Å². The summed E-state index contributed by atoms with van der Waals surface area (Å²) in [5.74, 6) is 0. The lowest BCUT2D eigenvalue weighted by atomic mass is 10.1. The van der Waals surface area contributed by atoms with Crippen molar-refractivity contribution in [3.05, 3.63) is 71.9 Å². The van der Waals surface area contributed by atoms with Crippen molar-refractivity contribution in [3.8, 4) is 0 Å². The Labute approximate surface area is 143 Å². The lowest BCUT2D eigenvalue weighted by molar-refractivity contribution is 0.425. The number of anilines is 1. The quantitative estimate of drug-likeness (QED) is 0.731. The Hall–Kier alpha value is -2.65. The summed E-state index contributed by atoms with van der Waals surface area (Å²) in [7, 11) is 4.17. The van der Waals surface area contributed by atoms with Gasteiger partial charge in [-0.25, -0.2) is 4.98 Å². The molecule has 0 atom stereocenters. The number of nitrogens with one attached hydrogen (secondary N) is 1. The van der Waals surface area contributed by atoms with Gasteiger partial charge in [0.05, 0.1) is 11.2 Å². The molecule has 3 aromatic rings. The van der Waals surface area contributed by atoms with Gasteiger partial charge in [-0.2, -0.15) is 0 Å². The van der Waals surface area contributed by atoms with Gasteiger partial charge in [-0.3, -0.25) is 0 Å². The minimum Gasteiger partial charge on any atom is -0.383 e. The maximum atomic E-state index is 4.76. The molecule has 0 aliphatic carbocycles. The van der Waals surface area contributed by atoms with Crippen LogP contribution in [-0.2, 0) is 0 Å². The van der Waals surface area contributed by atoms with Crippen LogP contribution in [0.1, 0.15) is 11.3 Å². The Bertz CT molecular complexity index is 823. The van der Waals surface area contributed by atoms with Crippen molar-refractivity contribution >= 4 is 28.7 Å². The summed E-state index contributed by atoms with van der Waals surface area (Å²) in [6.45, 7) is 1.90. The Morgan fingerprint density at radius 3 is 2.50 bits per heavy atom. The highest BCUT2D eigenvalue weighted by Gasteiger charge is 2.04. The molecule has 122 valence electrons. The monoisotopic (exact) mass is 317 g/mol. The first kappa shape index (κ1) is 16.2. The number of hydrogen-bond donors (Lipinski definition) is 1. The SMILES string of the molecule is CN(C)CCNc1cc(/C=C/c2ccccc2)nc2ccccc12. The van der Waals surface area contributed by atoms with Crippen molar-refractivity contribution in [1.29, 1.82) is 0 Å². The number of fused-ring (bicyclic) bond motifs is 1. The highest BCUT2D eigenvalue weighted by Crippen LogP contribution is 2.24. The van der Waals surface area contributed by atoms with Gasteiger partial charge in [0.15, 0.2) is 0 Å². The predicted molar refractivity (Wildman–Crippen MR) is 104 cm³/mol. The zero-order valence-corrected chi connectivity index (χ0v) is 14.2. The Balaban J connectivity index is 1.89. The first-order valence-electron chi connectivity index (χ1n) is 8.24. The van der Waals surface area contributed by atoms with Crippen LogP contribution in [-0.4, -0.2) is 37.1 Å². The molecule has 1 aromatic heterocycles. The highest BCUT2D eigenvalue weighted by molar-refractivity contribution is 5.92. The first-order chi connectivity index (χ1) is 11.7. The van der Waals surface area contributed by atoms with Gasteiger partial charge in [0, 0.05) is 24.2 Å². The molecule has 2 aromatic carbocycles. The van der Waals surface area contributed by atoms with E-state index in [4.69, 9.17) is 4.98 Å². The third-order valence-electron chi connectivity index (χ3n) is 3.86. The normalized spacial score (nSPS) is 11.5. The molecule has 0 saturated heterocycles. The fourth-order valence-corrected chi connectivity index (χ4v) is 2.59. The summed E-state index contributed by atoms with van der Waals surface area (Å²) in [6, 6.07) is 20.7. The topological polar surface area (TPSA) is 28.2 Å². The molecule has 1 N–H and O–H groups in total. The maximum Gasteiger partial charge on any atom is 0.0730 e. The number of aromatic nitrogens is 1. The second-order valence-electron chi connectivity index (χ2n) is 6.09. The van der Waals surface area contributed by atoms with Gasteiger partial charge < -0.3 is 10.2 Å². The van der Waals surface area contributed by atoms with Gasteiger partial charge in [-0.05, 0) is 37.9 Å². The van der Waals surface area contributed by atoms with Crippen molar-refractivity contribution in [1.82, 2.24) is 9.88 Å². The van der Waals surface area contributed by atoms with Crippen molar-refractivity contribution in [2.75, 3.05) is 32.5 Å². The second-order valence-corrected chi connectivity index (χ2v) is 6.09. The van der Waals surface area contributed by atoms with Crippen LogP contribution in [0.15, 0.2) is 60.7 Å². The molecule has 0 unspecified atom stereocenters. The standard InChI is InChI=1S/C21H23N3/c1-24(2)15-14-22-21-16-18(13-12-17-8-4-3-5-9-17)23-20-11-7-6-10-19(20)21/h3-13,16H,14-15H2,1-2H3,(H,22,23)/b13-12+. The van der Waals surface area contributed by atoms with E-state index in [1.165, 1.54) is 5.56 Å². The molecule has 0 fully saturated rings. The van der Waals surface area contributed by atoms with E-state index >= 15 is 0 Å². The van der Waals surface area contributed by atoms with Gasteiger partial charge >= 0.3 is 0 Å². The van der Waals surface area contributed by atoms with Crippen LogP contribution < -0.4 is 5.32 Å². The van der Waals surface area contributed by atoms with Crippen LogP contribution in [0, 0.1) is 0 Å². The Morgan fingerprint density at radius 1 is 0.958 bits per heavy atom. The minimum absolute atomic E-state index is 0.906. The number of hydrogen-bond acceptors (Lipinski definition) is 3. The lowest BCUT2D eigenvalue weighted by Gasteiger charge is -2.13. The number of likely N-dealkylation sites (N-methyl/N-ethyl adjacent to an activating group) is 1. The predicted octanol–water partition coefficient (Wildman–Crippen LogP) is 4.38. The fourth-order valence-electron chi connectivity index (χ4n) is 2.59. The van der Waals surface area contributed by atoms with Crippen LogP contribution in [0.4, 0.5) is 5.69 Å². The molecule has 0 radical (unpaired) electrons. The summed E-state index contributed by atoms with van der Waals surface area (Å²) >= 11 is 0. The lowest BCUT2D eigenvalue weighted by Crippen LogP contribution is -2.20. The van der Waals surface area contributed by atoms with Crippen LogP contribution in [0.5, 0.6) is 0 Å². The summed E-state index contributed by atoms with van der Waals surface area (Å²) in [5, 5.41) is 4.70. The smallest absolute Gasteiger partial charge is 0.0730 e. The van der Waals surface area contributed by atoms with Crippen LogP contribution in [0.2, 0.25) is 0 Å². The number of nitrogens with zero attached hydrogens (tertiary/aromatic N) is 2. The first-order valence-corrected chi connectivity index (χ1v) is 8.24. The summed E-state index contributed by atoms with van der Waals surface area (Å²) in [4.78, 5) is 6.93. The molecule has 3 nitrogen and oxygen atoms in total. The van der Waals surface area contributed by atoms with E-state index in [0.717, 1.165) is 35.4 Å². The maximum absolute atomic E-state index is 4.76. The average Bonchev–Trinajstić information content (AvgIpc) is 2.60. The molecule has 0 aliphatic rings. The molecule has 1 heterocycles. The number of para-hydroxylation sites is 1. The van der Waals surface area contributed by atoms with E-state index in [9.17, 15) is 0 Å². The van der Waals surface area contributed by atoms with Crippen molar-refractivity contribution in [2.45, 2.75) is 0 Å². The van der Waals surface area contributed by atoms with E-state index in [0.29, 0.717) is 0 Å². The highest BCUT2D eigenvalue weighted by atomic mass is 15.1. The largest absolute Gasteiger partial charge is 0.383 e. The second kappa shape index (κ2) is 7.75. The van der Waals surface area contributed by atoms with Gasteiger partial charge in [-0.1, -0.05) is 54.6 Å². The molecule has 0 amide bonds. The van der Waals surface area contributed by atoms with Crippen molar-refractivity contribution < 1.29 is 0 Å². The molecule has 0 aliphatic heterocycles. The molecule has 3 heteroatoms. The zero-order chi connectivity index (χ0) is 16.8. The fraction of sp³-hybridized carbons (Fsp3) is 0.190. The molecule has 0 saturated carbocycles. The van der Waals surface area contributed by atoms with Gasteiger partial charge in [0.25, 0.3) is 0 Å². The summed E-state index contributed by atoms with van der Waals surface area (Å²) in [5.41, 5.74) is 4.29. The molecular formula is C21H23N3.